The highest BCUT2D eigenvalue weighted by atomic mass is 32.2. The van der Waals surface area contributed by atoms with Crippen molar-refractivity contribution in [2.24, 2.45) is 0 Å². The first kappa shape index (κ1) is 16.4. The zero-order valence-electron chi connectivity index (χ0n) is 13.1. The van der Waals surface area contributed by atoms with E-state index in [9.17, 15) is 18.5 Å². The van der Waals surface area contributed by atoms with Crippen LogP contribution < -0.4 is 4.74 Å². The zero-order valence-corrected chi connectivity index (χ0v) is 13.9. The van der Waals surface area contributed by atoms with Gasteiger partial charge in [-0.15, -0.1) is 0 Å². The molecule has 0 bridgehead atoms. The number of benzene rings is 2. The second-order valence-corrected chi connectivity index (χ2v) is 7.18. The fraction of sp³-hybridized carbons (Fsp3) is 0.250. The van der Waals surface area contributed by atoms with Gasteiger partial charge in [-0.05, 0) is 13.0 Å². The van der Waals surface area contributed by atoms with Gasteiger partial charge in [0.2, 0.25) is 5.75 Å². The summed E-state index contributed by atoms with van der Waals surface area (Å²) in [5.74, 6) is 0.190. The van der Waals surface area contributed by atoms with E-state index in [2.05, 4.69) is 4.18 Å². The normalized spacial score (nSPS) is 16.5. The van der Waals surface area contributed by atoms with Crippen molar-refractivity contribution < 1.29 is 22.3 Å². The maximum absolute atomic E-state index is 12.2. The van der Waals surface area contributed by atoms with Crippen LogP contribution in [0.15, 0.2) is 41.3 Å². The second kappa shape index (κ2) is 5.88. The molecule has 0 fully saturated rings. The van der Waals surface area contributed by atoms with Crippen molar-refractivity contribution in [3.05, 3.63) is 63.2 Å². The summed E-state index contributed by atoms with van der Waals surface area (Å²) in [5, 5.41) is 11.1. The van der Waals surface area contributed by atoms with Gasteiger partial charge >= 0.3 is 5.69 Å². The van der Waals surface area contributed by atoms with Gasteiger partial charge < -0.3 is 4.74 Å². The number of hydrogen-bond donors (Lipinski definition) is 0. The summed E-state index contributed by atoms with van der Waals surface area (Å²) in [4.78, 5) is 10.6. The van der Waals surface area contributed by atoms with Gasteiger partial charge in [-0.3, -0.25) is 14.3 Å². The summed E-state index contributed by atoms with van der Waals surface area (Å²) >= 11 is 0. The maximum Gasteiger partial charge on any atom is 0.311 e. The summed E-state index contributed by atoms with van der Waals surface area (Å²) in [5.41, 5.74) is 1.84. The fourth-order valence-corrected chi connectivity index (χ4v) is 3.70. The molecule has 0 saturated carbocycles. The van der Waals surface area contributed by atoms with Crippen LogP contribution in [0.2, 0.25) is 0 Å². The van der Waals surface area contributed by atoms with Crippen LogP contribution in [0.3, 0.4) is 0 Å². The Hall–Kier alpha value is -2.45. The molecule has 2 aromatic rings. The SMILES string of the molecule is COS(=O)(=O)c1ccc(C)cc1C1Cc2cccc([N+](=O)[O-])c2O1. The monoisotopic (exact) mass is 349 g/mol. The summed E-state index contributed by atoms with van der Waals surface area (Å²) in [6.07, 6.45) is -0.270. The third-order valence-corrected chi connectivity index (χ3v) is 5.29. The van der Waals surface area contributed by atoms with Crippen LogP contribution in [0.5, 0.6) is 5.75 Å². The molecule has 3 rings (SSSR count). The molecule has 0 radical (unpaired) electrons. The molecule has 7 nitrogen and oxygen atoms in total. The first-order valence-electron chi connectivity index (χ1n) is 7.17. The molecule has 0 spiro atoms. The van der Waals surface area contributed by atoms with E-state index in [4.69, 9.17) is 4.74 Å². The van der Waals surface area contributed by atoms with Gasteiger partial charge in [-0.25, -0.2) is 0 Å². The number of nitrogens with zero attached hydrogens (tertiary/aromatic N) is 1. The van der Waals surface area contributed by atoms with Crippen LogP contribution in [0.4, 0.5) is 5.69 Å². The maximum atomic E-state index is 12.2. The number of ether oxygens (including phenoxy) is 1. The van der Waals surface area contributed by atoms with Gasteiger partial charge in [0.05, 0.1) is 12.0 Å². The van der Waals surface area contributed by atoms with E-state index in [-0.39, 0.29) is 16.3 Å². The highest BCUT2D eigenvalue weighted by molar-refractivity contribution is 7.86. The standard InChI is InChI=1S/C16H15NO6S/c1-10-6-7-15(24(20,21)22-2)12(8-10)14-9-11-4-3-5-13(17(18)19)16(11)23-14/h3-8,14H,9H2,1-2H3. The number of nitro groups is 1. The van der Waals surface area contributed by atoms with Crippen molar-refractivity contribution in [2.45, 2.75) is 24.3 Å². The predicted octanol–water partition coefficient (Wildman–Crippen LogP) is 2.91. The molecular weight excluding hydrogens is 334 g/mol. The average molecular weight is 349 g/mol. The minimum atomic E-state index is -3.91. The van der Waals surface area contributed by atoms with Crippen molar-refractivity contribution in [1.82, 2.24) is 0 Å². The van der Waals surface area contributed by atoms with Gasteiger partial charge in [0.1, 0.15) is 11.0 Å². The molecule has 1 unspecified atom stereocenters. The molecule has 0 aliphatic carbocycles. The number of rotatable bonds is 4. The van der Waals surface area contributed by atoms with Gasteiger partial charge in [-0.2, -0.15) is 8.42 Å². The first-order valence-corrected chi connectivity index (χ1v) is 8.58. The van der Waals surface area contributed by atoms with Gasteiger partial charge in [-0.1, -0.05) is 29.8 Å². The van der Waals surface area contributed by atoms with Gasteiger partial charge in [0.25, 0.3) is 10.1 Å². The minimum absolute atomic E-state index is 0.0102. The first-order chi connectivity index (χ1) is 11.3. The van der Waals surface area contributed by atoms with E-state index in [1.54, 1.807) is 24.3 Å². The number of fused-ring (bicyclic) bond motifs is 1. The topological polar surface area (TPSA) is 95.7 Å². The van der Waals surface area contributed by atoms with Crippen molar-refractivity contribution in [2.75, 3.05) is 7.11 Å². The summed E-state index contributed by atoms with van der Waals surface area (Å²) in [7, 11) is -2.82. The van der Waals surface area contributed by atoms with E-state index >= 15 is 0 Å². The molecule has 126 valence electrons. The smallest absolute Gasteiger partial charge is 0.311 e. The lowest BCUT2D eigenvalue weighted by Crippen LogP contribution is -2.12. The summed E-state index contributed by atoms with van der Waals surface area (Å²) < 4.78 is 34.7. The molecule has 0 N–H and O–H groups in total. The number of hydrogen-bond acceptors (Lipinski definition) is 6. The molecule has 0 aromatic heterocycles. The minimum Gasteiger partial charge on any atom is -0.478 e. The molecule has 1 aliphatic heterocycles. The van der Waals surface area contributed by atoms with Crippen molar-refractivity contribution in [3.8, 4) is 5.75 Å². The number of nitro benzene ring substituents is 1. The molecule has 8 heteroatoms. The number of para-hydroxylation sites is 1. The van der Waals surface area contributed by atoms with Crippen LogP contribution in [-0.4, -0.2) is 20.5 Å². The lowest BCUT2D eigenvalue weighted by atomic mass is 10.0. The van der Waals surface area contributed by atoms with E-state index in [0.29, 0.717) is 17.5 Å². The Kier molecular flexibility index (Phi) is 4.02. The lowest BCUT2D eigenvalue weighted by molar-refractivity contribution is -0.385. The zero-order chi connectivity index (χ0) is 17.5. The predicted molar refractivity (Wildman–Crippen MR) is 85.5 cm³/mol. The van der Waals surface area contributed by atoms with Crippen LogP contribution in [0, 0.1) is 17.0 Å². The lowest BCUT2D eigenvalue weighted by Gasteiger charge is -2.16. The van der Waals surface area contributed by atoms with Gasteiger partial charge in [0, 0.05) is 23.6 Å². The molecule has 0 saturated heterocycles. The Balaban J connectivity index is 2.08. The molecule has 24 heavy (non-hydrogen) atoms. The molecule has 1 aliphatic rings. The van der Waals surface area contributed by atoms with E-state index in [0.717, 1.165) is 12.7 Å². The molecule has 2 aromatic carbocycles. The highest BCUT2D eigenvalue weighted by Crippen LogP contribution is 2.44. The van der Waals surface area contributed by atoms with Crippen LogP contribution in [-0.2, 0) is 20.7 Å². The quantitative estimate of drug-likeness (QED) is 0.478. The van der Waals surface area contributed by atoms with Crippen LogP contribution in [0.1, 0.15) is 22.8 Å². The van der Waals surface area contributed by atoms with Gasteiger partial charge in [0.15, 0.2) is 0 Å². The van der Waals surface area contributed by atoms with E-state index in [1.807, 2.05) is 6.92 Å². The molecule has 0 amide bonds. The molecule has 1 atom stereocenters. The average Bonchev–Trinajstić information content (AvgIpc) is 2.98. The Morgan fingerprint density at radius 3 is 2.71 bits per heavy atom. The van der Waals surface area contributed by atoms with E-state index in [1.165, 1.54) is 12.1 Å². The molecule has 1 heterocycles. The number of aryl methyl sites for hydroxylation is 1. The summed E-state index contributed by atoms with van der Waals surface area (Å²) in [6.45, 7) is 1.83. The Labute approximate surface area is 139 Å². The Bertz CT molecular complexity index is 922. The van der Waals surface area contributed by atoms with E-state index < -0.39 is 21.1 Å². The van der Waals surface area contributed by atoms with Crippen molar-refractivity contribution in [1.29, 1.82) is 0 Å². The van der Waals surface area contributed by atoms with Crippen LogP contribution in [0.25, 0.3) is 0 Å². The van der Waals surface area contributed by atoms with Crippen LogP contribution >= 0.6 is 0 Å². The second-order valence-electron chi connectivity index (χ2n) is 5.50. The third kappa shape index (κ3) is 2.74. The largest absolute Gasteiger partial charge is 0.478 e. The Morgan fingerprint density at radius 1 is 1.29 bits per heavy atom. The highest BCUT2D eigenvalue weighted by Gasteiger charge is 2.34. The Morgan fingerprint density at radius 2 is 2.04 bits per heavy atom. The molecular formula is C16H15NO6S. The third-order valence-electron chi connectivity index (χ3n) is 3.94. The van der Waals surface area contributed by atoms with Crippen molar-refractivity contribution in [3.63, 3.8) is 0 Å². The fourth-order valence-electron chi connectivity index (χ4n) is 2.81. The summed E-state index contributed by atoms with van der Waals surface area (Å²) in [6, 6.07) is 9.52. The van der Waals surface area contributed by atoms with Crippen molar-refractivity contribution >= 4 is 15.8 Å².